The van der Waals surface area contributed by atoms with Crippen LogP contribution in [0.4, 0.5) is 5.69 Å². The number of anilines is 1. The molecule has 0 N–H and O–H groups in total. The van der Waals surface area contributed by atoms with E-state index < -0.39 is 29.8 Å². The number of hydrazone groups is 1. The van der Waals surface area contributed by atoms with Crippen molar-refractivity contribution in [3.8, 4) is 5.75 Å². The maximum absolute atomic E-state index is 13.6. The summed E-state index contributed by atoms with van der Waals surface area (Å²) in [5, 5.41) is 5.97. The molecule has 2 saturated heterocycles. The van der Waals surface area contributed by atoms with Gasteiger partial charge in [-0.15, -0.1) is 0 Å². The van der Waals surface area contributed by atoms with Gasteiger partial charge in [-0.25, -0.2) is 4.90 Å². The number of imide groups is 1. The largest absolute Gasteiger partial charge is 0.495 e. The first-order valence-electron chi connectivity index (χ1n) is 9.72. The first-order valence-corrected chi connectivity index (χ1v) is 9.72. The molecule has 3 heterocycles. The minimum absolute atomic E-state index is 0.219. The standard InChI is InChI=1S/C23H19N3O4/c1-30-17-12-6-5-10-15(17)25-22(28)18-16-11-7-13-24-26(16)20(19(18)23(25)29)21(27)14-8-3-2-4-9-14/h2-13,16,18-20H,1H3/t16-,18+,19+,20+/m0/s1. The van der Waals surface area contributed by atoms with Crippen LogP contribution in [0.1, 0.15) is 10.4 Å². The van der Waals surface area contributed by atoms with Crippen LogP contribution >= 0.6 is 0 Å². The Bertz CT molecular complexity index is 1090. The van der Waals surface area contributed by atoms with E-state index in [0.29, 0.717) is 17.0 Å². The third-order valence-electron chi connectivity index (χ3n) is 5.94. The third kappa shape index (κ3) is 2.51. The average molecular weight is 401 g/mol. The van der Waals surface area contributed by atoms with E-state index in [9.17, 15) is 14.4 Å². The Morgan fingerprint density at radius 1 is 0.967 bits per heavy atom. The minimum atomic E-state index is -0.847. The van der Waals surface area contributed by atoms with Gasteiger partial charge in [-0.3, -0.25) is 19.4 Å². The molecule has 2 fully saturated rings. The fourth-order valence-corrected chi connectivity index (χ4v) is 4.66. The van der Waals surface area contributed by atoms with Gasteiger partial charge in [0, 0.05) is 11.8 Å². The van der Waals surface area contributed by atoms with Crippen LogP contribution < -0.4 is 9.64 Å². The molecule has 0 radical (unpaired) electrons. The number of rotatable bonds is 4. The average Bonchev–Trinajstić information content (AvgIpc) is 3.26. The number of benzene rings is 2. The molecule has 3 aliphatic rings. The van der Waals surface area contributed by atoms with Gasteiger partial charge in [-0.05, 0) is 18.2 Å². The van der Waals surface area contributed by atoms with Crippen LogP contribution in [0.15, 0.2) is 71.9 Å². The van der Waals surface area contributed by atoms with Crippen molar-refractivity contribution in [2.45, 2.75) is 12.1 Å². The number of carbonyl (C=O) groups excluding carboxylic acids is 3. The molecule has 7 heteroatoms. The summed E-state index contributed by atoms with van der Waals surface area (Å²) in [6.07, 6.45) is 5.16. The van der Waals surface area contributed by atoms with Gasteiger partial charge in [-0.1, -0.05) is 48.5 Å². The van der Waals surface area contributed by atoms with Gasteiger partial charge in [0.25, 0.3) is 0 Å². The van der Waals surface area contributed by atoms with Crippen LogP contribution in [0.5, 0.6) is 5.75 Å². The molecule has 3 aliphatic heterocycles. The molecule has 0 unspecified atom stereocenters. The van der Waals surface area contributed by atoms with E-state index >= 15 is 0 Å². The Balaban J connectivity index is 1.60. The summed E-state index contributed by atoms with van der Waals surface area (Å²) in [5.74, 6) is -2.03. The second-order valence-corrected chi connectivity index (χ2v) is 7.43. The van der Waals surface area contributed by atoms with Gasteiger partial charge in [-0.2, -0.15) is 5.10 Å². The summed E-state index contributed by atoms with van der Waals surface area (Å²) in [6.45, 7) is 0. The van der Waals surface area contributed by atoms with Crippen molar-refractivity contribution in [1.82, 2.24) is 5.01 Å². The molecule has 2 amide bonds. The number of fused-ring (bicyclic) bond motifs is 3. The molecule has 2 aromatic rings. The number of methoxy groups -OCH3 is 1. The lowest BCUT2D eigenvalue weighted by Crippen LogP contribution is -2.46. The Morgan fingerprint density at radius 2 is 1.67 bits per heavy atom. The molecule has 0 saturated carbocycles. The van der Waals surface area contributed by atoms with E-state index in [1.54, 1.807) is 65.8 Å². The molecular formula is C23H19N3O4. The zero-order chi connectivity index (χ0) is 20.8. The summed E-state index contributed by atoms with van der Waals surface area (Å²) < 4.78 is 5.37. The highest BCUT2D eigenvalue weighted by Crippen LogP contribution is 2.47. The van der Waals surface area contributed by atoms with Gasteiger partial charge in [0.1, 0.15) is 11.8 Å². The molecule has 7 nitrogen and oxygen atoms in total. The van der Waals surface area contributed by atoms with Gasteiger partial charge in [0.15, 0.2) is 5.78 Å². The van der Waals surface area contributed by atoms with Crippen molar-refractivity contribution in [2.24, 2.45) is 16.9 Å². The van der Waals surface area contributed by atoms with Crippen molar-refractivity contribution in [2.75, 3.05) is 12.0 Å². The first kappa shape index (κ1) is 18.3. The molecule has 2 aromatic carbocycles. The second-order valence-electron chi connectivity index (χ2n) is 7.43. The number of hydrogen-bond donors (Lipinski definition) is 0. The zero-order valence-electron chi connectivity index (χ0n) is 16.2. The van der Waals surface area contributed by atoms with Crippen LogP contribution in [-0.4, -0.2) is 48.0 Å². The van der Waals surface area contributed by atoms with Gasteiger partial charge in [0.05, 0.1) is 30.7 Å². The van der Waals surface area contributed by atoms with Crippen molar-refractivity contribution < 1.29 is 19.1 Å². The number of amides is 2. The smallest absolute Gasteiger partial charge is 0.240 e. The van der Waals surface area contributed by atoms with E-state index in [-0.39, 0.29) is 11.7 Å². The predicted octanol–water partition coefficient (Wildman–Crippen LogP) is 2.29. The van der Waals surface area contributed by atoms with Crippen LogP contribution in [0.25, 0.3) is 0 Å². The number of allylic oxidation sites excluding steroid dienone is 1. The number of ketones is 1. The monoisotopic (exact) mass is 401 g/mol. The number of nitrogens with zero attached hydrogens (tertiary/aromatic N) is 3. The summed E-state index contributed by atoms with van der Waals surface area (Å²) in [6, 6.07) is 14.4. The lowest BCUT2D eigenvalue weighted by molar-refractivity contribution is -0.123. The van der Waals surface area contributed by atoms with Crippen LogP contribution in [0.2, 0.25) is 0 Å². The lowest BCUT2D eigenvalue weighted by Gasteiger charge is -2.30. The molecule has 0 aromatic heterocycles. The van der Waals surface area contributed by atoms with E-state index in [1.165, 1.54) is 12.0 Å². The van der Waals surface area contributed by atoms with Crippen LogP contribution in [0.3, 0.4) is 0 Å². The highest BCUT2D eigenvalue weighted by atomic mass is 16.5. The van der Waals surface area contributed by atoms with Crippen molar-refractivity contribution >= 4 is 29.5 Å². The van der Waals surface area contributed by atoms with Gasteiger partial charge >= 0.3 is 0 Å². The molecule has 0 aliphatic carbocycles. The Morgan fingerprint density at radius 3 is 2.43 bits per heavy atom. The van der Waals surface area contributed by atoms with E-state index in [0.717, 1.165) is 0 Å². The molecule has 30 heavy (non-hydrogen) atoms. The van der Waals surface area contributed by atoms with E-state index in [2.05, 4.69) is 5.10 Å². The summed E-state index contributed by atoms with van der Waals surface area (Å²) >= 11 is 0. The normalized spacial score (nSPS) is 26.7. The highest BCUT2D eigenvalue weighted by molar-refractivity contribution is 6.25. The van der Waals surface area contributed by atoms with Gasteiger partial charge in [0.2, 0.25) is 11.8 Å². The molecule has 4 atom stereocenters. The molecule has 5 rings (SSSR count). The first-order chi connectivity index (χ1) is 14.6. The van der Waals surface area contributed by atoms with Crippen molar-refractivity contribution in [3.05, 3.63) is 72.3 Å². The SMILES string of the molecule is COc1ccccc1N1C(=O)[C@@H]2[C@H](C1=O)[C@@H]1C=CC=NN1[C@H]2C(=O)c1ccccc1. The Kier molecular flexibility index (Phi) is 4.24. The number of carbonyl (C=O) groups is 3. The highest BCUT2D eigenvalue weighted by Gasteiger charge is 2.64. The molecule has 0 spiro atoms. The maximum atomic E-state index is 13.6. The van der Waals surface area contributed by atoms with Crippen LogP contribution in [0, 0.1) is 11.8 Å². The quantitative estimate of drug-likeness (QED) is 0.580. The molecular weight excluding hydrogens is 382 g/mol. The summed E-state index contributed by atoms with van der Waals surface area (Å²) in [4.78, 5) is 41.6. The lowest BCUT2D eigenvalue weighted by atomic mass is 9.86. The van der Waals surface area contributed by atoms with E-state index in [4.69, 9.17) is 4.74 Å². The topological polar surface area (TPSA) is 79.3 Å². The van der Waals surface area contributed by atoms with E-state index in [1.807, 2.05) is 12.1 Å². The Labute approximate surface area is 173 Å². The predicted molar refractivity (Wildman–Crippen MR) is 110 cm³/mol. The fourth-order valence-electron chi connectivity index (χ4n) is 4.66. The van der Waals surface area contributed by atoms with Gasteiger partial charge < -0.3 is 4.74 Å². The maximum Gasteiger partial charge on any atom is 0.240 e. The number of ether oxygens (including phenoxy) is 1. The number of hydrogen-bond acceptors (Lipinski definition) is 6. The number of Topliss-reactive ketones (excluding diaryl/α,β-unsaturated/α-hetero) is 1. The minimum Gasteiger partial charge on any atom is -0.495 e. The van der Waals surface area contributed by atoms with Crippen molar-refractivity contribution in [1.29, 1.82) is 0 Å². The van der Waals surface area contributed by atoms with Crippen molar-refractivity contribution in [3.63, 3.8) is 0 Å². The summed E-state index contributed by atoms with van der Waals surface area (Å²) in [5.41, 5.74) is 0.882. The third-order valence-corrected chi connectivity index (χ3v) is 5.94. The number of para-hydroxylation sites is 2. The second kappa shape index (κ2) is 6.95. The zero-order valence-corrected chi connectivity index (χ0v) is 16.2. The molecule has 150 valence electrons. The fraction of sp³-hybridized carbons (Fsp3) is 0.217. The Hall–Kier alpha value is -3.74. The van der Waals surface area contributed by atoms with Crippen LogP contribution in [-0.2, 0) is 9.59 Å². The summed E-state index contributed by atoms with van der Waals surface area (Å²) in [7, 11) is 1.49. The molecule has 0 bridgehead atoms.